The first-order valence-corrected chi connectivity index (χ1v) is 5.07. The van der Waals surface area contributed by atoms with Crippen LogP contribution in [0.2, 0.25) is 0 Å². The van der Waals surface area contributed by atoms with Crippen molar-refractivity contribution in [1.82, 2.24) is 0 Å². The molecule has 1 heteroatoms. The van der Waals surface area contributed by atoms with Crippen LogP contribution in [0.4, 0.5) is 0 Å². The Kier molecular flexibility index (Phi) is 7.97. The summed E-state index contributed by atoms with van der Waals surface area (Å²) < 4.78 is 0. The van der Waals surface area contributed by atoms with Crippen LogP contribution in [0.5, 0.6) is 0 Å². The van der Waals surface area contributed by atoms with Gasteiger partial charge in [0.15, 0.2) is 0 Å². The van der Waals surface area contributed by atoms with Gasteiger partial charge in [-0.1, -0.05) is 49.1 Å². The summed E-state index contributed by atoms with van der Waals surface area (Å²) in [4.78, 5) is 4.30. The summed E-state index contributed by atoms with van der Waals surface area (Å²) in [6.07, 6.45) is 15.4. The van der Waals surface area contributed by atoms with Gasteiger partial charge in [0.25, 0.3) is 0 Å². The molecule has 0 aliphatic rings. The molecule has 0 atom stereocenters. The third kappa shape index (κ3) is 5.63. The summed E-state index contributed by atoms with van der Waals surface area (Å²) >= 11 is 0. The molecule has 0 rings (SSSR count). The Morgan fingerprint density at radius 1 is 1.13 bits per heavy atom. The minimum Gasteiger partial charge on any atom is -0.257 e. The molecule has 0 fully saturated rings. The van der Waals surface area contributed by atoms with Gasteiger partial charge in [0.05, 0.1) is 5.70 Å². The zero-order valence-electron chi connectivity index (χ0n) is 9.77. The molecular weight excluding hydrogens is 182 g/mol. The van der Waals surface area contributed by atoms with Crippen molar-refractivity contribution in [2.24, 2.45) is 4.99 Å². The second-order valence-corrected chi connectivity index (χ2v) is 2.84. The van der Waals surface area contributed by atoms with E-state index in [0.29, 0.717) is 0 Å². The third-order valence-electron chi connectivity index (χ3n) is 1.70. The molecule has 0 amide bonds. The van der Waals surface area contributed by atoms with Crippen molar-refractivity contribution in [3.05, 3.63) is 60.4 Å². The van der Waals surface area contributed by atoms with Crippen molar-refractivity contribution in [3.63, 3.8) is 0 Å². The molecule has 0 aliphatic carbocycles. The van der Waals surface area contributed by atoms with E-state index in [1.807, 2.05) is 57.2 Å². The minimum atomic E-state index is 0.950. The van der Waals surface area contributed by atoms with Gasteiger partial charge in [-0.2, -0.15) is 0 Å². The molecule has 0 unspecified atom stereocenters. The Labute approximate surface area is 92.9 Å². The third-order valence-corrected chi connectivity index (χ3v) is 1.70. The van der Waals surface area contributed by atoms with Crippen molar-refractivity contribution in [3.8, 4) is 0 Å². The molecule has 0 aliphatic heterocycles. The topological polar surface area (TPSA) is 12.4 Å². The summed E-state index contributed by atoms with van der Waals surface area (Å²) in [6, 6.07) is 0. The molecule has 0 radical (unpaired) electrons. The van der Waals surface area contributed by atoms with E-state index in [1.54, 1.807) is 12.3 Å². The normalized spacial score (nSPS) is 14.6. The highest BCUT2D eigenvalue weighted by Crippen LogP contribution is 2.13. The van der Waals surface area contributed by atoms with Gasteiger partial charge in [0.1, 0.15) is 0 Å². The fourth-order valence-electron chi connectivity index (χ4n) is 1.05. The smallest absolute Gasteiger partial charge is 0.0659 e. The van der Waals surface area contributed by atoms with Crippen molar-refractivity contribution in [1.29, 1.82) is 0 Å². The summed E-state index contributed by atoms with van der Waals surface area (Å²) in [5, 5.41) is 0. The van der Waals surface area contributed by atoms with E-state index in [1.165, 1.54) is 0 Å². The first kappa shape index (κ1) is 13.4. The predicted molar refractivity (Wildman–Crippen MR) is 70.2 cm³/mol. The van der Waals surface area contributed by atoms with E-state index >= 15 is 0 Å². The number of nitrogens with zero attached hydrogens (tertiary/aromatic N) is 1. The predicted octanol–water partition coefficient (Wildman–Crippen LogP) is 4.23. The van der Waals surface area contributed by atoms with Gasteiger partial charge in [-0.05, 0) is 26.3 Å². The van der Waals surface area contributed by atoms with Gasteiger partial charge in [-0.15, -0.1) is 0 Å². The Balaban J connectivity index is 5.04. The highest BCUT2D eigenvalue weighted by atomic mass is 14.7. The molecule has 0 saturated heterocycles. The monoisotopic (exact) mass is 201 g/mol. The summed E-state index contributed by atoms with van der Waals surface area (Å²) in [5.74, 6) is 0. The van der Waals surface area contributed by atoms with Gasteiger partial charge in [-0.3, -0.25) is 4.99 Å². The van der Waals surface area contributed by atoms with Crippen LogP contribution in [0.25, 0.3) is 0 Å². The number of aliphatic imine (C=N–C) groups is 1. The summed E-state index contributed by atoms with van der Waals surface area (Å²) in [5.41, 5.74) is 2.04. The second kappa shape index (κ2) is 8.95. The van der Waals surface area contributed by atoms with Crippen molar-refractivity contribution in [2.45, 2.75) is 20.8 Å². The summed E-state index contributed by atoms with van der Waals surface area (Å²) in [7, 11) is 0. The molecule has 0 aromatic rings. The minimum absolute atomic E-state index is 0.950. The Morgan fingerprint density at radius 2 is 1.87 bits per heavy atom. The largest absolute Gasteiger partial charge is 0.257 e. The average molecular weight is 201 g/mol. The van der Waals surface area contributed by atoms with Gasteiger partial charge in [0, 0.05) is 6.21 Å². The SMILES string of the molecule is C=CC=NC(=C\C)/C(/C=C\C)=C\C=C/C. The zero-order chi connectivity index (χ0) is 11.5. The lowest BCUT2D eigenvalue weighted by atomic mass is 10.1. The van der Waals surface area contributed by atoms with Crippen molar-refractivity contribution >= 4 is 6.21 Å². The molecule has 0 bridgehead atoms. The van der Waals surface area contributed by atoms with Crippen LogP contribution >= 0.6 is 0 Å². The van der Waals surface area contributed by atoms with E-state index in [-0.39, 0.29) is 0 Å². The van der Waals surface area contributed by atoms with Crippen molar-refractivity contribution in [2.75, 3.05) is 0 Å². The molecule has 15 heavy (non-hydrogen) atoms. The molecule has 0 aromatic heterocycles. The Bertz CT molecular complexity index is 325. The van der Waals surface area contributed by atoms with Gasteiger partial charge in [-0.25, -0.2) is 0 Å². The molecule has 1 nitrogen and oxygen atoms in total. The van der Waals surface area contributed by atoms with E-state index in [9.17, 15) is 0 Å². The second-order valence-electron chi connectivity index (χ2n) is 2.84. The lowest BCUT2D eigenvalue weighted by molar-refractivity contribution is 1.33. The van der Waals surface area contributed by atoms with Gasteiger partial charge < -0.3 is 0 Å². The van der Waals surface area contributed by atoms with Gasteiger partial charge in [0.2, 0.25) is 0 Å². The average Bonchev–Trinajstić information content (AvgIpc) is 2.26. The van der Waals surface area contributed by atoms with Crippen LogP contribution in [0, 0.1) is 0 Å². The zero-order valence-corrected chi connectivity index (χ0v) is 9.77. The van der Waals surface area contributed by atoms with E-state index in [0.717, 1.165) is 11.3 Å². The van der Waals surface area contributed by atoms with Crippen LogP contribution in [-0.4, -0.2) is 6.21 Å². The lowest BCUT2D eigenvalue weighted by Crippen LogP contribution is -1.83. The molecule has 0 heterocycles. The van der Waals surface area contributed by atoms with Crippen LogP contribution in [-0.2, 0) is 0 Å². The quantitative estimate of drug-likeness (QED) is 0.466. The standard InChI is InChI=1S/C14H19N/c1-5-9-11-13(10-6-2)14(8-4)15-12-7-3/h5-12H,3H2,1-2,4H3/b9-5-,10-6-,13-11-,14-8-,15-12?. The molecule has 0 aromatic carbocycles. The van der Waals surface area contributed by atoms with Crippen molar-refractivity contribution < 1.29 is 0 Å². The highest BCUT2D eigenvalue weighted by molar-refractivity contribution is 5.72. The van der Waals surface area contributed by atoms with Crippen LogP contribution in [0.3, 0.4) is 0 Å². The molecular formula is C14H19N. The molecule has 80 valence electrons. The fraction of sp³-hybridized carbons (Fsp3) is 0.214. The van der Waals surface area contributed by atoms with Crippen LogP contribution in [0.1, 0.15) is 20.8 Å². The van der Waals surface area contributed by atoms with E-state index in [4.69, 9.17) is 0 Å². The Morgan fingerprint density at radius 3 is 2.33 bits per heavy atom. The fourth-order valence-corrected chi connectivity index (χ4v) is 1.05. The molecule has 0 N–H and O–H groups in total. The molecule has 0 saturated carbocycles. The van der Waals surface area contributed by atoms with Gasteiger partial charge >= 0.3 is 0 Å². The first-order valence-electron chi connectivity index (χ1n) is 5.07. The first-order chi connectivity index (χ1) is 7.29. The maximum absolute atomic E-state index is 4.30. The molecule has 0 spiro atoms. The van der Waals surface area contributed by atoms with E-state index < -0.39 is 0 Å². The number of hydrogen-bond acceptors (Lipinski definition) is 1. The number of allylic oxidation sites excluding steroid dienone is 7. The van der Waals surface area contributed by atoms with Crippen LogP contribution in [0.15, 0.2) is 65.4 Å². The highest BCUT2D eigenvalue weighted by Gasteiger charge is 1.95. The van der Waals surface area contributed by atoms with E-state index in [2.05, 4.69) is 11.6 Å². The lowest BCUT2D eigenvalue weighted by Gasteiger charge is -2.00. The maximum Gasteiger partial charge on any atom is 0.0659 e. The number of rotatable bonds is 5. The maximum atomic E-state index is 4.30. The summed E-state index contributed by atoms with van der Waals surface area (Å²) in [6.45, 7) is 9.57. The number of hydrogen-bond donors (Lipinski definition) is 0. The Hall–Kier alpha value is -1.63. The van der Waals surface area contributed by atoms with Crippen LogP contribution < -0.4 is 0 Å².